The van der Waals surface area contributed by atoms with Crippen molar-refractivity contribution in [1.82, 2.24) is 19.2 Å². The third-order valence-corrected chi connectivity index (χ3v) is 13.7. The summed E-state index contributed by atoms with van der Waals surface area (Å²) in [4.78, 5) is 31.8. The minimum atomic E-state index is -4.10. The molecule has 0 radical (unpaired) electrons. The van der Waals surface area contributed by atoms with Crippen LogP contribution in [0.4, 0.5) is 11.4 Å². The Morgan fingerprint density at radius 3 is 2.15 bits per heavy atom. The number of rotatable bonds is 12. The average molecular weight is 818 g/mol. The third-order valence-electron chi connectivity index (χ3n) is 9.64. The summed E-state index contributed by atoms with van der Waals surface area (Å²) in [7, 11) is -5.48. The lowest BCUT2D eigenvalue weighted by molar-refractivity contribution is -0.127. The number of imidazole rings is 1. The Bertz CT molecular complexity index is 2310. The van der Waals surface area contributed by atoms with E-state index >= 15 is 0 Å². The van der Waals surface area contributed by atoms with E-state index in [4.69, 9.17) is 32.9 Å². The first kappa shape index (κ1) is 38.6. The summed E-state index contributed by atoms with van der Waals surface area (Å²) in [6, 6.07) is 29.7. The molecule has 55 heavy (non-hydrogen) atoms. The minimum Gasteiger partial charge on any atom is -0.360 e. The number of hydrogen-bond donors (Lipinski definition) is 1. The normalized spacial score (nSPS) is 15.8. The van der Waals surface area contributed by atoms with Crippen LogP contribution in [0.2, 0.25) is 35.7 Å². The van der Waals surface area contributed by atoms with Gasteiger partial charge in [-0.3, -0.25) is 9.59 Å². The van der Waals surface area contributed by atoms with Crippen molar-refractivity contribution in [2.45, 2.75) is 32.1 Å². The first-order chi connectivity index (χ1) is 26.2. The molecular weight excluding hydrogens is 776 g/mol. The number of nitrogens with zero attached hydrogens (tertiary/aromatic N) is 5. The van der Waals surface area contributed by atoms with E-state index in [1.165, 1.54) is 0 Å². The van der Waals surface area contributed by atoms with Crippen molar-refractivity contribution < 1.29 is 22.7 Å². The van der Waals surface area contributed by atoms with Gasteiger partial charge in [0.15, 0.2) is 0 Å². The molecule has 0 unspecified atom stereocenters. The molecule has 2 aliphatic heterocycles. The van der Waals surface area contributed by atoms with Crippen molar-refractivity contribution in [3.05, 3.63) is 119 Å². The average Bonchev–Trinajstić information content (AvgIpc) is 3.66. The van der Waals surface area contributed by atoms with E-state index in [1.807, 2.05) is 41.1 Å². The number of benzene rings is 4. The van der Waals surface area contributed by atoms with Crippen LogP contribution in [0.25, 0.3) is 28.1 Å². The zero-order chi connectivity index (χ0) is 38.9. The molecule has 1 aromatic heterocycles. The maximum Gasteiger partial charge on any atom is 0.331 e. The van der Waals surface area contributed by atoms with E-state index in [2.05, 4.69) is 66.3 Å². The van der Waals surface area contributed by atoms with Gasteiger partial charge in [-0.25, -0.2) is 9.29 Å². The lowest BCUT2D eigenvalue weighted by Gasteiger charge is -2.28. The Kier molecular flexibility index (Phi) is 11.1. The Hall–Kier alpha value is -4.66. The number of anilines is 2. The number of amides is 2. The Labute approximate surface area is 332 Å². The molecule has 2 fully saturated rings. The van der Waals surface area contributed by atoms with Crippen LogP contribution in [0, 0.1) is 0 Å². The van der Waals surface area contributed by atoms with Crippen molar-refractivity contribution >= 4 is 64.7 Å². The third kappa shape index (κ3) is 8.76. The first-order valence-electron chi connectivity index (χ1n) is 18.0. The summed E-state index contributed by atoms with van der Waals surface area (Å²) in [5.41, 5.74) is 6.67. The molecule has 0 aliphatic carbocycles. The van der Waals surface area contributed by atoms with Gasteiger partial charge in [0.05, 0.1) is 22.9 Å². The maximum absolute atomic E-state index is 13.4. The van der Waals surface area contributed by atoms with E-state index in [-0.39, 0.29) is 19.2 Å². The lowest BCUT2D eigenvalue weighted by atomic mass is 10.0. The zero-order valence-corrected chi connectivity index (χ0v) is 34.2. The van der Waals surface area contributed by atoms with E-state index in [1.54, 1.807) is 24.3 Å². The molecule has 7 rings (SSSR count). The van der Waals surface area contributed by atoms with Crippen LogP contribution in [0.5, 0.6) is 0 Å². The van der Waals surface area contributed by atoms with Gasteiger partial charge in [-0.05, 0) is 77.3 Å². The molecule has 5 aromatic rings. The van der Waals surface area contributed by atoms with Crippen molar-refractivity contribution in [3.63, 3.8) is 0 Å². The number of aromatic nitrogens is 2. The highest BCUT2D eigenvalue weighted by atomic mass is 35.5. The van der Waals surface area contributed by atoms with Gasteiger partial charge in [0.25, 0.3) is 5.91 Å². The largest absolute Gasteiger partial charge is 0.360 e. The molecule has 2 saturated heterocycles. The number of hydrogen-bond acceptors (Lipinski definition) is 7. The highest BCUT2D eigenvalue weighted by Crippen LogP contribution is 2.33. The van der Waals surface area contributed by atoms with Crippen LogP contribution >= 0.6 is 23.2 Å². The Balaban J connectivity index is 1.12. The van der Waals surface area contributed by atoms with Gasteiger partial charge in [0, 0.05) is 62.3 Å². The fourth-order valence-corrected chi connectivity index (χ4v) is 9.20. The molecule has 0 saturated carbocycles. The molecule has 286 valence electrons. The van der Waals surface area contributed by atoms with Crippen LogP contribution in [0.3, 0.4) is 0 Å². The molecule has 2 amide bonds. The summed E-state index contributed by atoms with van der Waals surface area (Å²) in [6.07, 6.45) is 2.39. The topological polar surface area (TPSA) is 117 Å². The highest BCUT2D eigenvalue weighted by molar-refractivity contribution is 7.91. The van der Waals surface area contributed by atoms with Crippen LogP contribution in [-0.2, 0) is 31.0 Å². The number of ether oxygens (including phenoxy) is 1. The SMILES string of the molecule is C[Si](C)(C)CCOCN1C(=O)CN(c2ccc(-n3cc(-c4ccc(Cl)cc4Cl)nc3Cc3ccc(-c4ccc(N5CCNC(=O)C5)cc4)cc3)cc2)S1(=O)=O. The summed E-state index contributed by atoms with van der Waals surface area (Å²) < 4.78 is 36.4. The van der Waals surface area contributed by atoms with E-state index in [0.717, 1.165) is 60.7 Å². The van der Waals surface area contributed by atoms with Gasteiger partial charge in [0.2, 0.25) is 5.91 Å². The number of carbonyl (C=O) groups is 2. The second kappa shape index (κ2) is 15.8. The van der Waals surface area contributed by atoms with E-state index < -0.39 is 24.2 Å². The Morgan fingerprint density at radius 1 is 0.836 bits per heavy atom. The van der Waals surface area contributed by atoms with E-state index in [0.29, 0.717) is 47.5 Å². The lowest BCUT2D eigenvalue weighted by Crippen LogP contribution is -2.47. The van der Waals surface area contributed by atoms with Crippen molar-refractivity contribution in [3.8, 4) is 28.1 Å². The minimum absolute atomic E-state index is 0.0308. The molecular formula is C40H42Cl2N6O5SSi. The number of halogens is 2. The first-order valence-corrected chi connectivity index (χ1v) is 23.9. The molecule has 15 heteroatoms. The predicted molar refractivity (Wildman–Crippen MR) is 221 cm³/mol. The fraction of sp³-hybridized carbons (Fsp3) is 0.275. The molecule has 2 aliphatic rings. The predicted octanol–water partition coefficient (Wildman–Crippen LogP) is 7.25. The molecule has 0 spiro atoms. The maximum atomic E-state index is 13.4. The number of nitrogens with one attached hydrogen (secondary N) is 1. The van der Waals surface area contributed by atoms with E-state index in [9.17, 15) is 18.0 Å². The number of carbonyl (C=O) groups excluding carboxylic acids is 2. The molecule has 0 bridgehead atoms. The molecule has 0 atom stereocenters. The smallest absolute Gasteiger partial charge is 0.331 e. The fourth-order valence-electron chi connectivity index (χ4n) is 6.51. The van der Waals surface area contributed by atoms with Gasteiger partial charge in [-0.15, -0.1) is 0 Å². The summed E-state index contributed by atoms with van der Waals surface area (Å²) in [5, 5.41) is 3.85. The Morgan fingerprint density at radius 2 is 1.49 bits per heavy atom. The quantitative estimate of drug-likeness (QED) is 0.104. The van der Waals surface area contributed by atoms with Crippen LogP contribution < -0.4 is 14.5 Å². The summed E-state index contributed by atoms with van der Waals surface area (Å²) in [6.45, 7) is 8.20. The van der Waals surface area contributed by atoms with Gasteiger partial charge < -0.3 is 19.5 Å². The highest BCUT2D eigenvalue weighted by Gasteiger charge is 2.42. The summed E-state index contributed by atoms with van der Waals surface area (Å²) >= 11 is 12.8. The van der Waals surface area contributed by atoms with Crippen molar-refractivity contribution in [1.29, 1.82) is 0 Å². The second-order valence-electron chi connectivity index (χ2n) is 14.8. The monoisotopic (exact) mass is 816 g/mol. The summed E-state index contributed by atoms with van der Waals surface area (Å²) in [5.74, 6) is 0.236. The zero-order valence-electron chi connectivity index (χ0n) is 30.8. The molecule has 3 heterocycles. The molecule has 11 nitrogen and oxygen atoms in total. The van der Waals surface area contributed by atoms with Gasteiger partial charge >= 0.3 is 10.2 Å². The van der Waals surface area contributed by atoms with Crippen LogP contribution in [0.15, 0.2) is 97.2 Å². The second-order valence-corrected chi connectivity index (χ2v) is 23.1. The standard InChI is InChI=1S/C40H42Cl2N6O5SSi/c1-55(2,3)21-20-53-27-48-40(50)26-47(54(48,51)52)34-15-13-33(14-16-34)46-24-37(35-17-10-31(41)23-36(35)42)44-38(46)22-28-4-6-29(7-5-28)30-8-11-32(12-9-30)45-19-18-43-39(49)25-45/h4-17,23-24H,18-22,25-27H2,1-3H3,(H,43,49). The van der Waals surface area contributed by atoms with Crippen molar-refractivity contribution in [2.75, 3.05) is 48.7 Å². The van der Waals surface area contributed by atoms with Gasteiger partial charge in [-0.1, -0.05) is 79.2 Å². The molecule has 4 aromatic carbocycles. The van der Waals surface area contributed by atoms with Crippen molar-refractivity contribution in [2.24, 2.45) is 0 Å². The van der Waals surface area contributed by atoms with Crippen LogP contribution in [0.1, 0.15) is 11.4 Å². The van der Waals surface area contributed by atoms with Gasteiger partial charge in [-0.2, -0.15) is 12.7 Å². The molecule has 1 N–H and O–H groups in total. The van der Waals surface area contributed by atoms with Gasteiger partial charge in [0.1, 0.15) is 19.1 Å². The number of piperazine rings is 1. The van der Waals surface area contributed by atoms with Crippen LogP contribution in [-0.4, -0.2) is 81.7 Å².